The highest BCUT2D eigenvalue weighted by molar-refractivity contribution is 5.77. The van der Waals surface area contributed by atoms with Crippen LogP contribution in [0.2, 0.25) is 0 Å². The second-order valence-corrected chi connectivity index (χ2v) is 6.59. The van der Waals surface area contributed by atoms with Crippen molar-refractivity contribution in [3.05, 3.63) is 50.9 Å². The maximum Gasteiger partial charge on any atom is 0.332 e. The van der Waals surface area contributed by atoms with Gasteiger partial charge in [-0.2, -0.15) is 4.98 Å². The van der Waals surface area contributed by atoms with Crippen LogP contribution in [0.15, 0.2) is 33.9 Å². The van der Waals surface area contributed by atoms with Gasteiger partial charge in [-0.1, -0.05) is 6.92 Å². The van der Waals surface area contributed by atoms with Gasteiger partial charge in [0.15, 0.2) is 11.2 Å². The van der Waals surface area contributed by atoms with E-state index in [0.717, 1.165) is 10.3 Å². The first-order valence-corrected chi connectivity index (χ1v) is 8.08. The molecular formula is C17H18FN5O2. The summed E-state index contributed by atoms with van der Waals surface area (Å²) in [5, 5.41) is 0. The molecule has 1 unspecified atom stereocenters. The standard InChI is InChI=1S/C17H18FN5O2/c1-10-8-22(12-6-4-11(18)5-7-12)16-19-14-13(23(16)9-10)15(24)21(3)17(25)20(14)2/h4-7,10H,8-9H2,1-3H3. The fourth-order valence-corrected chi connectivity index (χ4v) is 3.42. The molecule has 0 radical (unpaired) electrons. The lowest BCUT2D eigenvalue weighted by molar-refractivity contribution is 0.458. The SMILES string of the molecule is CC1CN(c2ccc(F)cc2)c2nc3c(c(=O)n(C)c(=O)n3C)n2C1. The van der Waals surface area contributed by atoms with Gasteiger partial charge < -0.3 is 9.47 Å². The lowest BCUT2D eigenvalue weighted by Crippen LogP contribution is -2.38. The molecule has 0 spiro atoms. The molecule has 0 amide bonds. The number of rotatable bonds is 1. The number of aromatic nitrogens is 4. The highest BCUT2D eigenvalue weighted by Crippen LogP contribution is 2.32. The summed E-state index contributed by atoms with van der Waals surface area (Å²) < 4.78 is 17.6. The fourth-order valence-electron chi connectivity index (χ4n) is 3.42. The Bertz CT molecular complexity index is 1090. The third-order valence-electron chi connectivity index (χ3n) is 4.70. The zero-order valence-electron chi connectivity index (χ0n) is 14.2. The fraction of sp³-hybridized carbons (Fsp3) is 0.353. The van der Waals surface area contributed by atoms with E-state index >= 15 is 0 Å². The normalized spacial score (nSPS) is 17.1. The molecule has 0 bridgehead atoms. The van der Waals surface area contributed by atoms with Crippen molar-refractivity contribution in [3.63, 3.8) is 0 Å². The van der Waals surface area contributed by atoms with Crippen molar-refractivity contribution in [2.45, 2.75) is 13.5 Å². The van der Waals surface area contributed by atoms with Gasteiger partial charge in [0.2, 0.25) is 5.95 Å². The molecule has 0 N–H and O–H groups in total. The number of aryl methyl sites for hydroxylation is 1. The van der Waals surface area contributed by atoms with E-state index in [1.54, 1.807) is 19.2 Å². The molecule has 7 nitrogen and oxygen atoms in total. The molecule has 25 heavy (non-hydrogen) atoms. The molecule has 0 fully saturated rings. The van der Waals surface area contributed by atoms with Crippen LogP contribution in [0.5, 0.6) is 0 Å². The molecule has 2 aromatic heterocycles. The van der Waals surface area contributed by atoms with Crippen LogP contribution in [-0.4, -0.2) is 25.2 Å². The number of hydrogen-bond donors (Lipinski definition) is 0. The van der Waals surface area contributed by atoms with E-state index in [0.29, 0.717) is 30.2 Å². The minimum atomic E-state index is -0.408. The van der Waals surface area contributed by atoms with Crippen LogP contribution in [0, 0.1) is 11.7 Å². The topological polar surface area (TPSA) is 65.1 Å². The average Bonchev–Trinajstić information content (AvgIpc) is 2.97. The quantitative estimate of drug-likeness (QED) is 0.669. The molecule has 3 heterocycles. The zero-order valence-corrected chi connectivity index (χ0v) is 14.2. The van der Waals surface area contributed by atoms with Crippen LogP contribution in [0.4, 0.5) is 16.0 Å². The van der Waals surface area contributed by atoms with Gasteiger partial charge in [0, 0.05) is 32.9 Å². The second-order valence-electron chi connectivity index (χ2n) is 6.59. The van der Waals surface area contributed by atoms with Crippen molar-refractivity contribution in [1.29, 1.82) is 0 Å². The lowest BCUT2D eigenvalue weighted by atomic mass is 10.1. The molecule has 130 valence electrons. The third-order valence-corrected chi connectivity index (χ3v) is 4.70. The molecule has 1 aromatic carbocycles. The predicted octanol–water partition coefficient (Wildman–Crippen LogP) is 1.36. The van der Waals surface area contributed by atoms with E-state index in [1.165, 1.54) is 23.7 Å². The third kappa shape index (κ3) is 2.20. The Morgan fingerprint density at radius 1 is 1.08 bits per heavy atom. The summed E-state index contributed by atoms with van der Waals surface area (Å²) in [5.74, 6) is 0.550. The molecule has 1 aliphatic rings. The van der Waals surface area contributed by atoms with Crippen LogP contribution < -0.4 is 16.1 Å². The van der Waals surface area contributed by atoms with Gasteiger partial charge in [-0.25, -0.2) is 9.18 Å². The Labute approximate surface area is 142 Å². The molecule has 4 rings (SSSR count). The maximum atomic E-state index is 13.3. The van der Waals surface area contributed by atoms with Crippen LogP contribution in [0.1, 0.15) is 6.92 Å². The van der Waals surface area contributed by atoms with E-state index in [2.05, 4.69) is 11.9 Å². The van der Waals surface area contributed by atoms with E-state index in [4.69, 9.17) is 0 Å². The number of benzene rings is 1. The zero-order chi connectivity index (χ0) is 17.9. The molecular weight excluding hydrogens is 325 g/mol. The Morgan fingerprint density at radius 2 is 1.76 bits per heavy atom. The Hall–Kier alpha value is -2.90. The number of halogens is 1. The largest absolute Gasteiger partial charge is 0.332 e. The molecule has 0 aliphatic carbocycles. The minimum Gasteiger partial charge on any atom is -0.312 e. The summed E-state index contributed by atoms with van der Waals surface area (Å²) in [6, 6.07) is 6.18. The Balaban J connectivity index is 2.03. The van der Waals surface area contributed by atoms with Gasteiger partial charge in [0.1, 0.15) is 5.82 Å². The van der Waals surface area contributed by atoms with Crippen LogP contribution in [-0.2, 0) is 20.6 Å². The number of anilines is 2. The summed E-state index contributed by atoms with van der Waals surface area (Å²) in [7, 11) is 3.07. The highest BCUT2D eigenvalue weighted by Gasteiger charge is 2.29. The van der Waals surface area contributed by atoms with Gasteiger partial charge in [0.05, 0.1) is 0 Å². The summed E-state index contributed by atoms with van der Waals surface area (Å²) in [5.41, 5.74) is 0.813. The first-order chi connectivity index (χ1) is 11.9. The number of hydrogen-bond acceptors (Lipinski definition) is 4. The molecule has 0 saturated heterocycles. The number of fused-ring (bicyclic) bond motifs is 3. The van der Waals surface area contributed by atoms with Crippen molar-refractivity contribution in [1.82, 2.24) is 18.7 Å². The lowest BCUT2D eigenvalue weighted by Gasteiger charge is -2.32. The van der Waals surface area contributed by atoms with E-state index < -0.39 is 5.69 Å². The van der Waals surface area contributed by atoms with Crippen LogP contribution in [0.25, 0.3) is 11.2 Å². The van der Waals surface area contributed by atoms with Crippen molar-refractivity contribution in [2.75, 3.05) is 11.4 Å². The molecule has 3 aromatic rings. The smallest absolute Gasteiger partial charge is 0.312 e. The summed E-state index contributed by atoms with van der Waals surface area (Å²) in [4.78, 5) is 31.4. The van der Waals surface area contributed by atoms with E-state index in [-0.39, 0.29) is 17.3 Å². The van der Waals surface area contributed by atoms with Crippen LogP contribution >= 0.6 is 0 Å². The second kappa shape index (κ2) is 5.30. The Morgan fingerprint density at radius 3 is 2.44 bits per heavy atom. The van der Waals surface area contributed by atoms with Crippen molar-refractivity contribution in [2.24, 2.45) is 20.0 Å². The first kappa shape index (κ1) is 15.6. The molecule has 8 heteroatoms. The maximum absolute atomic E-state index is 13.3. The van der Waals surface area contributed by atoms with Crippen molar-refractivity contribution in [3.8, 4) is 0 Å². The monoisotopic (exact) mass is 343 g/mol. The predicted molar refractivity (Wildman–Crippen MR) is 92.8 cm³/mol. The van der Waals surface area contributed by atoms with Gasteiger partial charge >= 0.3 is 5.69 Å². The van der Waals surface area contributed by atoms with Crippen molar-refractivity contribution >= 4 is 22.8 Å². The highest BCUT2D eigenvalue weighted by atomic mass is 19.1. The van der Waals surface area contributed by atoms with E-state index in [1.807, 2.05) is 9.47 Å². The van der Waals surface area contributed by atoms with Gasteiger partial charge in [-0.05, 0) is 30.2 Å². The summed E-state index contributed by atoms with van der Waals surface area (Å²) >= 11 is 0. The average molecular weight is 343 g/mol. The van der Waals surface area contributed by atoms with Gasteiger partial charge in [-0.3, -0.25) is 13.9 Å². The summed E-state index contributed by atoms with van der Waals surface area (Å²) in [6.45, 7) is 3.41. The number of imidazole rings is 1. The van der Waals surface area contributed by atoms with Gasteiger partial charge in [0.25, 0.3) is 5.56 Å². The van der Waals surface area contributed by atoms with E-state index in [9.17, 15) is 14.0 Å². The first-order valence-electron chi connectivity index (χ1n) is 8.08. The molecule has 0 saturated carbocycles. The molecule has 1 aliphatic heterocycles. The minimum absolute atomic E-state index is 0.261. The Kier molecular flexibility index (Phi) is 3.31. The summed E-state index contributed by atoms with van der Waals surface area (Å²) in [6.07, 6.45) is 0. The van der Waals surface area contributed by atoms with Crippen molar-refractivity contribution < 1.29 is 4.39 Å². The van der Waals surface area contributed by atoms with Gasteiger partial charge in [-0.15, -0.1) is 0 Å². The molecule has 1 atom stereocenters. The number of nitrogens with zero attached hydrogens (tertiary/aromatic N) is 5. The van der Waals surface area contributed by atoms with Crippen LogP contribution in [0.3, 0.4) is 0 Å².